The summed E-state index contributed by atoms with van der Waals surface area (Å²) < 4.78 is 4.25. The molecule has 3 rings (SSSR count). The molecule has 0 N–H and O–H groups in total. The summed E-state index contributed by atoms with van der Waals surface area (Å²) in [6.07, 6.45) is 48.0. The van der Waals surface area contributed by atoms with Gasteiger partial charge in [0.05, 0.1) is 0 Å². The van der Waals surface area contributed by atoms with Crippen molar-refractivity contribution in [3.8, 4) is 0 Å². The first-order chi connectivity index (χ1) is 16.4. The lowest BCUT2D eigenvalue weighted by atomic mass is 10.1. The smallest absolute Gasteiger partial charge is 0.0351 e. The third-order valence-electron chi connectivity index (χ3n) is 6.47. The number of allylic oxidation sites excluding steroid dienone is 6. The monoisotopic (exact) mass is 460 g/mol. The Kier molecular flexibility index (Phi) is 30.4. The van der Waals surface area contributed by atoms with Crippen LogP contribution in [0.15, 0.2) is 36.5 Å². The highest BCUT2D eigenvalue weighted by molar-refractivity contribution is 4.83. The van der Waals surface area contributed by atoms with Crippen molar-refractivity contribution in [3.05, 3.63) is 36.5 Å². The Morgan fingerprint density at radius 3 is 0.545 bits per heavy atom. The first-order valence-electron chi connectivity index (χ1n) is 14.8. The topological polar surface area (TPSA) is 9.23 Å². The SMILES string of the molecule is C1=CCCCCCCCC1.C1=CCCCCCCCC1.C1=CCCCCCCCC1.COC. The average molecular weight is 461 g/mol. The van der Waals surface area contributed by atoms with Crippen molar-refractivity contribution in [1.29, 1.82) is 0 Å². The highest BCUT2D eigenvalue weighted by Gasteiger charge is 1.93. The molecule has 194 valence electrons. The van der Waals surface area contributed by atoms with E-state index in [1.807, 2.05) is 0 Å². The first-order valence-corrected chi connectivity index (χ1v) is 14.8. The van der Waals surface area contributed by atoms with Crippen molar-refractivity contribution in [2.24, 2.45) is 0 Å². The lowest BCUT2D eigenvalue weighted by molar-refractivity contribution is 0.277. The third-order valence-corrected chi connectivity index (χ3v) is 6.47. The lowest BCUT2D eigenvalue weighted by Gasteiger charge is -2.01. The van der Waals surface area contributed by atoms with Gasteiger partial charge in [-0.15, -0.1) is 0 Å². The minimum absolute atomic E-state index is 1.32. The van der Waals surface area contributed by atoms with Gasteiger partial charge < -0.3 is 4.74 Å². The highest BCUT2D eigenvalue weighted by Crippen LogP contribution is 2.13. The average Bonchev–Trinajstić information content (AvgIpc) is 2.86. The van der Waals surface area contributed by atoms with E-state index in [1.54, 1.807) is 14.2 Å². The molecule has 3 aliphatic carbocycles. The molecule has 0 atom stereocenters. The normalized spacial score (nSPS) is 20.9. The molecule has 0 aromatic heterocycles. The molecule has 0 saturated heterocycles. The number of methoxy groups -OCH3 is 1. The van der Waals surface area contributed by atoms with Gasteiger partial charge in [0.1, 0.15) is 0 Å². The number of hydrogen-bond acceptors (Lipinski definition) is 1. The van der Waals surface area contributed by atoms with Crippen molar-refractivity contribution < 1.29 is 4.74 Å². The van der Waals surface area contributed by atoms with Gasteiger partial charge in [0.15, 0.2) is 0 Å². The molecule has 0 unspecified atom stereocenters. The van der Waals surface area contributed by atoms with E-state index in [0.717, 1.165) is 0 Å². The second kappa shape index (κ2) is 31.2. The quantitative estimate of drug-likeness (QED) is 0.326. The molecule has 0 heterocycles. The first kappa shape index (κ1) is 32.2. The fraction of sp³-hybridized carbons (Fsp3) is 0.812. The van der Waals surface area contributed by atoms with Gasteiger partial charge in [-0.05, 0) is 77.0 Å². The molecule has 1 heteroatoms. The highest BCUT2D eigenvalue weighted by atomic mass is 16.4. The van der Waals surface area contributed by atoms with E-state index in [0.29, 0.717) is 0 Å². The molecule has 0 spiro atoms. The van der Waals surface area contributed by atoms with Crippen LogP contribution in [0.25, 0.3) is 0 Å². The van der Waals surface area contributed by atoms with Crippen LogP contribution in [0, 0.1) is 0 Å². The van der Waals surface area contributed by atoms with Crippen molar-refractivity contribution in [2.45, 2.75) is 154 Å². The van der Waals surface area contributed by atoms with Crippen LogP contribution in [0.3, 0.4) is 0 Å². The second-order valence-corrected chi connectivity index (χ2v) is 9.92. The molecule has 0 aliphatic heterocycles. The fourth-order valence-corrected chi connectivity index (χ4v) is 4.40. The van der Waals surface area contributed by atoms with Crippen molar-refractivity contribution in [1.82, 2.24) is 0 Å². The maximum atomic E-state index is 4.25. The van der Waals surface area contributed by atoms with E-state index in [-0.39, 0.29) is 0 Å². The van der Waals surface area contributed by atoms with Crippen LogP contribution in [-0.4, -0.2) is 14.2 Å². The fourth-order valence-electron chi connectivity index (χ4n) is 4.40. The summed E-state index contributed by atoms with van der Waals surface area (Å²) in [7, 11) is 3.25. The van der Waals surface area contributed by atoms with Crippen LogP contribution in [0.1, 0.15) is 154 Å². The van der Waals surface area contributed by atoms with Crippen LogP contribution < -0.4 is 0 Å². The molecule has 0 aromatic rings. The summed E-state index contributed by atoms with van der Waals surface area (Å²) in [4.78, 5) is 0. The van der Waals surface area contributed by atoms with E-state index < -0.39 is 0 Å². The zero-order chi connectivity index (χ0) is 23.9. The Bertz CT molecular complexity index is 322. The zero-order valence-electron chi connectivity index (χ0n) is 22.8. The van der Waals surface area contributed by atoms with Crippen LogP contribution in [0.4, 0.5) is 0 Å². The Balaban J connectivity index is 0.000000439. The van der Waals surface area contributed by atoms with Gasteiger partial charge in [-0.1, -0.05) is 114 Å². The van der Waals surface area contributed by atoms with Gasteiger partial charge >= 0.3 is 0 Å². The number of hydrogen-bond donors (Lipinski definition) is 0. The molecule has 0 fully saturated rings. The maximum Gasteiger partial charge on any atom is 0.0351 e. The molecule has 0 aromatic carbocycles. The number of rotatable bonds is 0. The van der Waals surface area contributed by atoms with Crippen molar-refractivity contribution in [3.63, 3.8) is 0 Å². The van der Waals surface area contributed by atoms with E-state index in [2.05, 4.69) is 41.2 Å². The Hall–Kier alpha value is -0.820. The van der Waals surface area contributed by atoms with Crippen molar-refractivity contribution >= 4 is 0 Å². The summed E-state index contributed by atoms with van der Waals surface area (Å²) in [5, 5.41) is 0. The maximum absolute atomic E-state index is 4.25. The Morgan fingerprint density at radius 2 is 0.394 bits per heavy atom. The van der Waals surface area contributed by atoms with Gasteiger partial charge in [-0.3, -0.25) is 0 Å². The third kappa shape index (κ3) is 31.2. The summed E-state index contributed by atoms with van der Waals surface area (Å²) in [5.74, 6) is 0. The Morgan fingerprint density at radius 1 is 0.273 bits per heavy atom. The molecule has 0 bridgehead atoms. The summed E-state index contributed by atoms with van der Waals surface area (Å²) >= 11 is 0. The largest absolute Gasteiger partial charge is 0.388 e. The minimum atomic E-state index is 1.32. The van der Waals surface area contributed by atoms with Crippen molar-refractivity contribution in [2.75, 3.05) is 14.2 Å². The van der Waals surface area contributed by atoms with Crippen LogP contribution in [-0.2, 0) is 4.74 Å². The minimum Gasteiger partial charge on any atom is -0.388 e. The Labute approximate surface area is 209 Å². The molecule has 0 amide bonds. The van der Waals surface area contributed by atoms with Crippen LogP contribution in [0.5, 0.6) is 0 Å². The predicted molar refractivity (Wildman–Crippen MR) is 151 cm³/mol. The van der Waals surface area contributed by atoms with E-state index in [9.17, 15) is 0 Å². The molecular formula is C32H60O. The molecular weight excluding hydrogens is 400 g/mol. The number of ether oxygens (including phenoxy) is 1. The molecule has 33 heavy (non-hydrogen) atoms. The van der Waals surface area contributed by atoms with Gasteiger partial charge in [0, 0.05) is 14.2 Å². The predicted octanol–water partition coefficient (Wildman–Crippen LogP) is 11.3. The molecule has 0 radical (unpaired) electrons. The lowest BCUT2D eigenvalue weighted by Crippen LogP contribution is -1.81. The van der Waals surface area contributed by atoms with Gasteiger partial charge in [-0.2, -0.15) is 0 Å². The molecule has 3 aliphatic rings. The van der Waals surface area contributed by atoms with Crippen LogP contribution >= 0.6 is 0 Å². The second-order valence-electron chi connectivity index (χ2n) is 9.92. The summed E-state index contributed by atoms with van der Waals surface area (Å²) in [6.45, 7) is 0. The van der Waals surface area contributed by atoms with E-state index in [1.165, 1.54) is 154 Å². The summed E-state index contributed by atoms with van der Waals surface area (Å²) in [6, 6.07) is 0. The standard InChI is InChI=1S/3C10H18.C2H6O/c3*1-2-4-6-8-10-9-7-5-3-1;1-3-2/h3*1-2H,3-10H2;1-2H3. The zero-order valence-corrected chi connectivity index (χ0v) is 22.8. The molecule has 1 nitrogen and oxygen atoms in total. The van der Waals surface area contributed by atoms with E-state index >= 15 is 0 Å². The van der Waals surface area contributed by atoms with Gasteiger partial charge in [0.25, 0.3) is 0 Å². The summed E-state index contributed by atoms with van der Waals surface area (Å²) in [5.41, 5.74) is 0. The van der Waals surface area contributed by atoms with E-state index in [4.69, 9.17) is 0 Å². The van der Waals surface area contributed by atoms with Gasteiger partial charge in [0.2, 0.25) is 0 Å². The van der Waals surface area contributed by atoms with Gasteiger partial charge in [-0.25, -0.2) is 0 Å². The van der Waals surface area contributed by atoms with Crippen LogP contribution in [0.2, 0.25) is 0 Å². The molecule has 0 saturated carbocycles.